The van der Waals surface area contributed by atoms with Crippen molar-refractivity contribution in [1.29, 1.82) is 0 Å². The van der Waals surface area contributed by atoms with Gasteiger partial charge in [-0.25, -0.2) is 0 Å². The molecule has 2 aliphatic rings. The lowest BCUT2D eigenvalue weighted by Crippen LogP contribution is -2.45. The van der Waals surface area contributed by atoms with Gasteiger partial charge >= 0.3 is 0 Å². The molecule has 2 N–H and O–H groups in total. The molecule has 1 aliphatic carbocycles. The highest BCUT2D eigenvalue weighted by molar-refractivity contribution is 4.86. The maximum Gasteiger partial charge on any atom is 0.0695 e. The number of aliphatic hydroxyl groups excluding tert-OH is 1. The summed E-state index contributed by atoms with van der Waals surface area (Å²) in [7, 11) is 0. The summed E-state index contributed by atoms with van der Waals surface area (Å²) in [6, 6.07) is 0.449. The molecule has 1 saturated heterocycles. The zero-order valence-electron chi connectivity index (χ0n) is 11.2. The van der Waals surface area contributed by atoms with Gasteiger partial charge in [0, 0.05) is 12.6 Å². The second-order valence-electron chi connectivity index (χ2n) is 5.75. The monoisotopic (exact) mass is 240 g/mol. The van der Waals surface area contributed by atoms with Crippen LogP contribution in [-0.4, -0.2) is 48.3 Å². The smallest absolute Gasteiger partial charge is 0.0695 e. The molecule has 0 aromatic heterocycles. The molecule has 0 spiro atoms. The van der Waals surface area contributed by atoms with Crippen molar-refractivity contribution in [3.8, 4) is 0 Å². The van der Waals surface area contributed by atoms with E-state index in [0.29, 0.717) is 6.04 Å². The summed E-state index contributed by atoms with van der Waals surface area (Å²) >= 11 is 0. The number of rotatable bonds is 5. The topological polar surface area (TPSA) is 35.5 Å². The van der Waals surface area contributed by atoms with E-state index in [2.05, 4.69) is 17.1 Å². The second kappa shape index (κ2) is 6.72. The van der Waals surface area contributed by atoms with Crippen LogP contribution >= 0.6 is 0 Å². The molecule has 17 heavy (non-hydrogen) atoms. The van der Waals surface area contributed by atoms with E-state index in [1.807, 2.05) is 0 Å². The zero-order chi connectivity index (χ0) is 12.1. The van der Waals surface area contributed by atoms with Gasteiger partial charge in [-0.05, 0) is 64.1 Å². The summed E-state index contributed by atoms with van der Waals surface area (Å²) in [5.74, 6) is 0.843. The van der Waals surface area contributed by atoms with Crippen molar-refractivity contribution in [2.75, 3.05) is 26.2 Å². The van der Waals surface area contributed by atoms with Crippen molar-refractivity contribution in [3.05, 3.63) is 0 Å². The minimum Gasteiger partial charge on any atom is -0.391 e. The van der Waals surface area contributed by atoms with Crippen LogP contribution in [0.2, 0.25) is 0 Å². The van der Waals surface area contributed by atoms with Gasteiger partial charge in [-0.3, -0.25) is 4.90 Å². The van der Waals surface area contributed by atoms with E-state index in [1.165, 1.54) is 51.7 Å². The first kappa shape index (κ1) is 13.3. The first-order valence-electron chi connectivity index (χ1n) is 7.44. The molecule has 0 amide bonds. The van der Waals surface area contributed by atoms with E-state index >= 15 is 0 Å². The predicted octanol–water partition coefficient (Wildman–Crippen LogP) is 1.61. The Bertz CT molecular complexity index is 216. The summed E-state index contributed by atoms with van der Waals surface area (Å²) in [6.07, 6.45) is 7.17. The molecule has 2 atom stereocenters. The summed E-state index contributed by atoms with van der Waals surface area (Å²) in [6.45, 7) is 6.97. The van der Waals surface area contributed by atoms with Crippen molar-refractivity contribution >= 4 is 0 Å². The fourth-order valence-corrected chi connectivity index (χ4v) is 3.42. The Labute approximate surface area is 106 Å². The molecule has 100 valence electrons. The van der Waals surface area contributed by atoms with Gasteiger partial charge in [-0.15, -0.1) is 0 Å². The SMILES string of the molecule is CCCN(CC1CCNCC1)C1CCCC1O. The fraction of sp³-hybridized carbons (Fsp3) is 1.00. The van der Waals surface area contributed by atoms with Crippen LogP contribution in [0.3, 0.4) is 0 Å². The molecule has 2 rings (SSSR count). The Hall–Kier alpha value is -0.120. The Morgan fingerprint density at radius 2 is 1.94 bits per heavy atom. The van der Waals surface area contributed by atoms with Crippen LogP contribution in [0, 0.1) is 5.92 Å². The average molecular weight is 240 g/mol. The van der Waals surface area contributed by atoms with Gasteiger partial charge in [-0.1, -0.05) is 6.92 Å². The van der Waals surface area contributed by atoms with E-state index in [1.54, 1.807) is 0 Å². The average Bonchev–Trinajstić information content (AvgIpc) is 2.76. The van der Waals surface area contributed by atoms with Crippen molar-refractivity contribution in [2.24, 2.45) is 5.92 Å². The molecule has 2 fully saturated rings. The zero-order valence-corrected chi connectivity index (χ0v) is 11.2. The number of hydrogen-bond donors (Lipinski definition) is 2. The maximum atomic E-state index is 10.1. The van der Waals surface area contributed by atoms with Gasteiger partial charge < -0.3 is 10.4 Å². The van der Waals surface area contributed by atoms with Gasteiger partial charge in [-0.2, -0.15) is 0 Å². The third-order valence-corrected chi connectivity index (χ3v) is 4.38. The van der Waals surface area contributed by atoms with E-state index in [4.69, 9.17) is 0 Å². The lowest BCUT2D eigenvalue weighted by Gasteiger charge is -2.35. The van der Waals surface area contributed by atoms with Crippen molar-refractivity contribution < 1.29 is 5.11 Å². The molecule has 3 heteroatoms. The third-order valence-electron chi connectivity index (χ3n) is 4.38. The van der Waals surface area contributed by atoms with Crippen LogP contribution in [0.15, 0.2) is 0 Å². The minimum absolute atomic E-state index is 0.0664. The van der Waals surface area contributed by atoms with Gasteiger partial charge in [0.2, 0.25) is 0 Å². The third kappa shape index (κ3) is 3.67. The highest BCUT2D eigenvalue weighted by Gasteiger charge is 2.31. The lowest BCUT2D eigenvalue weighted by atomic mass is 9.96. The standard InChI is InChI=1S/C14H28N2O/c1-2-10-16(13-4-3-5-14(13)17)11-12-6-8-15-9-7-12/h12-15,17H,2-11H2,1H3. The van der Waals surface area contributed by atoms with Crippen molar-refractivity contribution in [1.82, 2.24) is 10.2 Å². The highest BCUT2D eigenvalue weighted by atomic mass is 16.3. The molecule has 1 saturated carbocycles. The van der Waals surface area contributed by atoms with Gasteiger partial charge in [0.25, 0.3) is 0 Å². The number of hydrogen-bond acceptors (Lipinski definition) is 3. The van der Waals surface area contributed by atoms with Gasteiger partial charge in [0.1, 0.15) is 0 Å². The summed E-state index contributed by atoms with van der Waals surface area (Å²) in [4.78, 5) is 2.58. The van der Waals surface area contributed by atoms with E-state index < -0.39 is 0 Å². The Morgan fingerprint density at radius 3 is 2.53 bits per heavy atom. The molecule has 3 nitrogen and oxygen atoms in total. The number of nitrogens with zero attached hydrogens (tertiary/aromatic N) is 1. The Morgan fingerprint density at radius 1 is 1.18 bits per heavy atom. The lowest BCUT2D eigenvalue weighted by molar-refractivity contribution is 0.0569. The van der Waals surface area contributed by atoms with Crippen molar-refractivity contribution in [3.63, 3.8) is 0 Å². The maximum absolute atomic E-state index is 10.1. The molecule has 1 aliphatic heterocycles. The molecule has 1 heterocycles. The molecular formula is C14H28N2O. The fourth-order valence-electron chi connectivity index (χ4n) is 3.42. The van der Waals surface area contributed by atoms with Gasteiger partial charge in [0.15, 0.2) is 0 Å². The van der Waals surface area contributed by atoms with E-state index in [9.17, 15) is 5.11 Å². The highest BCUT2D eigenvalue weighted by Crippen LogP contribution is 2.26. The Balaban J connectivity index is 1.86. The second-order valence-corrected chi connectivity index (χ2v) is 5.75. The summed E-state index contributed by atoms with van der Waals surface area (Å²) < 4.78 is 0. The summed E-state index contributed by atoms with van der Waals surface area (Å²) in [5.41, 5.74) is 0. The van der Waals surface area contributed by atoms with Crippen molar-refractivity contribution in [2.45, 2.75) is 57.6 Å². The first-order valence-corrected chi connectivity index (χ1v) is 7.44. The quantitative estimate of drug-likeness (QED) is 0.766. The van der Waals surface area contributed by atoms with Crippen LogP contribution in [0.25, 0.3) is 0 Å². The first-order chi connectivity index (χ1) is 8.31. The predicted molar refractivity (Wildman–Crippen MR) is 71.1 cm³/mol. The molecule has 0 aromatic carbocycles. The van der Waals surface area contributed by atoms with Crippen LogP contribution in [-0.2, 0) is 0 Å². The molecule has 0 bridgehead atoms. The number of nitrogens with one attached hydrogen (secondary N) is 1. The van der Waals surface area contributed by atoms with Gasteiger partial charge in [0.05, 0.1) is 6.10 Å². The molecule has 0 radical (unpaired) electrons. The largest absolute Gasteiger partial charge is 0.391 e. The minimum atomic E-state index is -0.0664. The van der Waals surface area contributed by atoms with Crippen LogP contribution in [0.5, 0.6) is 0 Å². The number of piperidine rings is 1. The Kier molecular flexibility index (Phi) is 5.26. The van der Waals surface area contributed by atoms with E-state index in [0.717, 1.165) is 18.9 Å². The normalized spacial score (nSPS) is 31.2. The molecular weight excluding hydrogens is 212 g/mol. The van der Waals surface area contributed by atoms with Crippen LogP contribution in [0.4, 0.5) is 0 Å². The van der Waals surface area contributed by atoms with Crippen LogP contribution in [0.1, 0.15) is 45.4 Å². The summed E-state index contributed by atoms with van der Waals surface area (Å²) in [5, 5.41) is 13.5. The van der Waals surface area contributed by atoms with Crippen LogP contribution < -0.4 is 5.32 Å². The molecule has 0 aromatic rings. The molecule has 2 unspecified atom stereocenters. The van der Waals surface area contributed by atoms with E-state index in [-0.39, 0.29) is 6.10 Å². The number of aliphatic hydroxyl groups is 1.